The quantitative estimate of drug-likeness (QED) is 0.163. The van der Waals surface area contributed by atoms with Crippen LogP contribution in [-0.4, -0.2) is 36.7 Å². The molecular formula is C26H17Cl4FN8O. The summed E-state index contributed by atoms with van der Waals surface area (Å²) >= 11 is 25.2. The first kappa shape index (κ1) is 27.8. The molecule has 0 amide bonds. The Hall–Kier alpha value is -3.72. The summed E-state index contributed by atoms with van der Waals surface area (Å²) in [6, 6.07) is 10.5. The van der Waals surface area contributed by atoms with Gasteiger partial charge in [-0.2, -0.15) is 5.26 Å². The van der Waals surface area contributed by atoms with Gasteiger partial charge in [-0.3, -0.25) is 4.98 Å². The van der Waals surface area contributed by atoms with E-state index >= 15 is 0 Å². The van der Waals surface area contributed by atoms with Crippen LogP contribution in [0.25, 0.3) is 10.9 Å². The number of benzene rings is 2. The van der Waals surface area contributed by atoms with Gasteiger partial charge in [0.2, 0.25) is 0 Å². The molecule has 5 rings (SSSR count). The number of hydrogen-bond acceptors (Lipinski definition) is 8. The van der Waals surface area contributed by atoms with Crippen molar-refractivity contribution in [1.29, 1.82) is 5.26 Å². The first-order chi connectivity index (χ1) is 19.3. The molecule has 0 aliphatic carbocycles. The van der Waals surface area contributed by atoms with Gasteiger partial charge in [-0.25, -0.2) is 14.1 Å². The Morgan fingerprint density at radius 1 is 1.00 bits per heavy atom. The molecule has 9 nitrogen and oxygen atoms in total. The van der Waals surface area contributed by atoms with Gasteiger partial charge in [0.15, 0.2) is 0 Å². The molecule has 0 bridgehead atoms. The molecule has 0 spiro atoms. The van der Waals surface area contributed by atoms with Gasteiger partial charge in [-0.15, -0.1) is 5.10 Å². The van der Waals surface area contributed by atoms with Crippen LogP contribution in [0, 0.1) is 17.1 Å². The SMILES string of the molecule is N#Cc1cnc2c(Cl)cc(NC(c3cn(CCO)nn3)c3cnc(Cl)cc3Cl)cc2c1Nc1ccc(F)c(Cl)c1. The Bertz CT molecular complexity index is 1770. The van der Waals surface area contributed by atoms with Crippen LogP contribution in [0.15, 0.2) is 55.0 Å². The molecule has 3 aromatic heterocycles. The highest BCUT2D eigenvalue weighted by Crippen LogP contribution is 2.38. The van der Waals surface area contributed by atoms with E-state index in [0.29, 0.717) is 49.3 Å². The number of fused-ring (bicyclic) bond motifs is 1. The van der Waals surface area contributed by atoms with Crippen LogP contribution in [0.1, 0.15) is 22.9 Å². The molecule has 40 heavy (non-hydrogen) atoms. The van der Waals surface area contributed by atoms with Gasteiger partial charge in [0.25, 0.3) is 0 Å². The van der Waals surface area contributed by atoms with Crippen molar-refractivity contribution < 1.29 is 9.50 Å². The molecule has 2 aromatic carbocycles. The highest BCUT2D eigenvalue weighted by atomic mass is 35.5. The number of aliphatic hydroxyl groups excluding tert-OH is 1. The fraction of sp³-hybridized carbons (Fsp3) is 0.115. The molecule has 0 radical (unpaired) electrons. The Kier molecular flexibility index (Phi) is 8.21. The number of nitrogens with zero attached hydrogens (tertiary/aromatic N) is 6. The van der Waals surface area contributed by atoms with Crippen LogP contribution in [0.4, 0.5) is 21.5 Å². The van der Waals surface area contributed by atoms with Crippen molar-refractivity contribution >= 4 is 74.4 Å². The largest absolute Gasteiger partial charge is 0.394 e. The molecule has 5 aromatic rings. The lowest BCUT2D eigenvalue weighted by Gasteiger charge is -2.20. The Morgan fingerprint density at radius 3 is 2.52 bits per heavy atom. The number of rotatable bonds is 8. The van der Waals surface area contributed by atoms with Crippen LogP contribution in [-0.2, 0) is 6.54 Å². The molecule has 0 saturated heterocycles. The Labute approximate surface area is 247 Å². The predicted octanol–water partition coefficient (Wildman–Crippen LogP) is 6.78. The lowest BCUT2D eigenvalue weighted by atomic mass is 10.0. The predicted molar refractivity (Wildman–Crippen MR) is 153 cm³/mol. The zero-order valence-corrected chi connectivity index (χ0v) is 23.2. The number of halogens is 5. The van der Waals surface area contributed by atoms with Gasteiger partial charge in [0, 0.05) is 34.7 Å². The second-order valence-electron chi connectivity index (χ2n) is 8.50. The standard InChI is InChI=1S/C26H17Cl4FN8O/c27-18-8-23(30)33-11-17(18)26(22-12-39(3-4-40)38-37-22)36-15-5-16-24(35-14-1-2-21(31)19(28)6-14)13(9-32)10-34-25(16)20(29)7-15/h1-2,5-8,10-12,26,36,40H,3-4H2,(H,34,35). The lowest BCUT2D eigenvalue weighted by Crippen LogP contribution is -2.14. The van der Waals surface area contributed by atoms with Crippen molar-refractivity contribution in [3.63, 3.8) is 0 Å². The molecule has 3 heterocycles. The minimum Gasteiger partial charge on any atom is -0.394 e. The summed E-state index contributed by atoms with van der Waals surface area (Å²) in [4.78, 5) is 8.53. The topological polar surface area (TPSA) is 125 Å². The Balaban J connectivity index is 1.62. The van der Waals surface area contributed by atoms with Crippen LogP contribution >= 0.6 is 46.4 Å². The third-order valence-corrected chi connectivity index (χ3v) is 7.00. The molecule has 202 valence electrons. The minimum atomic E-state index is -0.655. The summed E-state index contributed by atoms with van der Waals surface area (Å²) < 4.78 is 15.2. The smallest absolute Gasteiger partial charge is 0.141 e. The maximum Gasteiger partial charge on any atom is 0.141 e. The normalized spacial score (nSPS) is 11.8. The van der Waals surface area contributed by atoms with E-state index in [4.69, 9.17) is 46.4 Å². The molecule has 0 saturated carbocycles. The molecular weight excluding hydrogens is 601 g/mol. The van der Waals surface area contributed by atoms with Crippen molar-refractivity contribution in [3.05, 3.63) is 97.8 Å². The fourth-order valence-electron chi connectivity index (χ4n) is 4.05. The van der Waals surface area contributed by atoms with Crippen LogP contribution in [0.3, 0.4) is 0 Å². The number of aliphatic hydroxyl groups is 1. The summed E-state index contributed by atoms with van der Waals surface area (Å²) in [5, 5.41) is 35.2. The lowest BCUT2D eigenvalue weighted by molar-refractivity contribution is 0.268. The van der Waals surface area contributed by atoms with Gasteiger partial charge in [-0.05, 0) is 36.4 Å². The van der Waals surface area contributed by atoms with E-state index in [1.54, 1.807) is 18.3 Å². The van der Waals surface area contributed by atoms with E-state index < -0.39 is 11.9 Å². The number of anilines is 3. The molecule has 1 unspecified atom stereocenters. The van der Waals surface area contributed by atoms with Gasteiger partial charge in [0.1, 0.15) is 28.8 Å². The van der Waals surface area contributed by atoms with E-state index in [0.717, 1.165) is 0 Å². The second-order valence-corrected chi connectivity index (χ2v) is 10.1. The van der Waals surface area contributed by atoms with Crippen molar-refractivity contribution in [3.8, 4) is 6.07 Å². The zero-order valence-electron chi connectivity index (χ0n) is 20.2. The number of nitrogens with one attached hydrogen (secondary N) is 2. The molecule has 3 N–H and O–H groups in total. The van der Waals surface area contributed by atoms with E-state index in [2.05, 4.69) is 37.0 Å². The van der Waals surface area contributed by atoms with Crippen LogP contribution in [0.5, 0.6) is 0 Å². The van der Waals surface area contributed by atoms with Crippen LogP contribution in [0.2, 0.25) is 20.2 Å². The number of hydrogen-bond donors (Lipinski definition) is 3. The van der Waals surface area contributed by atoms with Crippen molar-refractivity contribution in [2.45, 2.75) is 12.6 Å². The van der Waals surface area contributed by atoms with E-state index in [1.807, 2.05) is 0 Å². The third kappa shape index (κ3) is 5.75. The van der Waals surface area contributed by atoms with Crippen molar-refractivity contribution in [2.24, 2.45) is 0 Å². The molecule has 14 heteroatoms. The summed E-state index contributed by atoms with van der Waals surface area (Å²) in [6.07, 6.45) is 4.59. The second kappa shape index (κ2) is 11.8. The highest BCUT2D eigenvalue weighted by molar-refractivity contribution is 6.36. The average molecular weight is 618 g/mol. The van der Waals surface area contributed by atoms with Gasteiger partial charge in [0.05, 0.1) is 51.2 Å². The summed E-state index contributed by atoms with van der Waals surface area (Å²) in [5.41, 5.74) is 3.09. The zero-order chi connectivity index (χ0) is 28.4. The number of aromatic nitrogens is 5. The summed E-state index contributed by atoms with van der Waals surface area (Å²) in [7, 11) is 0. The molecule has 0 aliphatic heterocycles. The minimum absolute atomic E-state index is 0.0761. The van der Waals surface area contributed by atoms with Gasteiger partial charge >= 0.3 is 0 Å². The molecule has 1 atom stereocenters. The summed E-state index contributed by atoms with van der Waals surface area (Å²) in [5.74, 6) is -0.570. The van der Waals surface area contributed by atoms with Crippen molar-refractivity contribution in [2.75, 3.05) is 17.2 Å². The maximum atomic E-state index is 13.7. The van der Waals surface area contributed by atoms with E-state index in [-0.39, 0.29) is 28.9 Å². The monoisotopic (exact) mass is 616 g/mol. The molecule has 0 fully saturated rings. The number of pyridine rings is 2. The first-order valence-electron chi connectivity index (χ1n) is 11.6. The van der Waals surface area contributed by atoms with Crippen molar-refractivity contribution in [1.82, 2.24) is 25.0 Å². The summed E-state index contributed by atoms with van der Waals surface area (Å²) in [6.45, 7) is 0.132. The highest BCUT2D eigenvalue weighted by Gasteiger charge is 2.23. The molecule has 0 aliphatic rings. The van der Waals surface area contributed by atoms with E-state index in [9.17, 15) is 14.8 Å². The fourth-order valence-corrected chi connectivity index (χ4v) is 4.97. The van der Waals surface area contributed by atoms with Crippen LogP contribution < -0.4 is 10.6 Å². The third-order valence-electron chi connectivity index (χ3n) is 5.89. The van der Waals surface area contributed by atoms with Gasteiger partial charge in [-0.1, -0.05) is 51.6 Å². The van der Waals surface area contributed by atoms with Gasteiger partial charge < -0.3 is 15.7 Å². The average Bonchev–Trinajstić information content (AvgIpc) is 3.39. The van der Waals surface area contributed by atoms with E-state index in [1.165, 1.54) is 41.3 Å². The first-order valence-corrected chi connectivity index (χ1v) is 13.1. The Morgan fingerprint density at radius 2 is 1.80 bits per heavy atom. The number of nitriles is 1. The maximum absolute atomic E-state index is 13.7.